The lowest BCUT2D eigenvalue weighted by atomic mass is 9.98. The minimum Gasteiger partial charge on any atom is -0.391 e. The Labute approximate surface area is 104 Å². The largest absolute Gasteiger partial charge is 0.391 e. The predicted octanol–water partition coefficient (Wildman–Crippen LogP) is 2.34. The number of carbonyl (C=O) groups is 1. The lowest BCUT2D eigenvalue weighted by Gasteiger charge is -2.29. The molecule has 0 saturated heterocycles. The summed E-state index contributed by atoms with van der Waals surface area (Å²) in [5.41, 5.74) is -0.0805. The van der Waals surface area contributed by atoms with Crippen LogP contribution in [-0.2, 0) is 0 Å². The fourth-order valence-corrected chi connectivity index (χ4v) is 1.57. The number of rotatable bonds is 3. The smallest absolute Gasteiger partial charge is 0.252 e. The summed E-state index contributed by atoms with van der Waals surface area (Å²) in [4.78, 5) is 11.9. The predicted molar refractivity (Wildman–Crippen MR) is 67.4 cm³/mol. The van der Waals surface area contributed by atoms with Crippen LogP contribution in [0.25, 0.3) is 0 Å². The Morgan fingerprint density at radius 2 is 2.00 bits per heavy atom. The van der Waals surface area contributed by atoms with Gasteiger partial charge in [0.25, 0.3) is 5.91 Å². The molecular weight excluding hydrogens is 270 g/mol. The van der Waals surface area contributed by atoms with Crippen LogP contribution >= 0.6 is 15.9 Å². The number of hydrogen-bond donors (Lipinski definition) is 2. The van der Waals surface area contributed by atoms with Gasteiger partial charge >= 0.3 is 0 Å². The van der Waals surface area contributed by atoms with E-state index in [4.69, 9.17) is 0 Å². The maximum absolute atomic E-state index is 11.9. The number of carbonyl (C=O) groups excluding carboxylic acids is 1. The molecule has 0 spiro atoms. The first-order chi connectivity index (χ1) is 7.34. The van der Waals surface area contributed by atoms with Crippen LogP contribution in [0.15, 0.2) is 28.7 Å². The average Bonchev–Trinajstić information content (AvgIpc) is 2.17. The van der Waals surface area contributed by atoms with Gasteiger partial charge in [-0.3, -0.25) is 4.79 Å². The standard InChI is InChI=1S/C12H16BrNO2/c1-8(15)12(2,3)14-11(16)9-6-4-5-7-10(9)13/h4-8,15H,1-3H3,(H,14,16). The Kier molecular flexibility index (Phi) is 4.10. The minimum atomic E-state index is -0.646. The van der Waals surface area contributed by atoms with Crippen LogP contribution in [-0.4, -0.2) is 22.7 Å². The molecule has 0 aromatic heterocycles. The molecule has 1 aromatic rings. The Morgan fingerprint density at radius 3 is 2.50 bits per heavy atom. The molecule has 1 unspecified atom stereocenters. The van der Waals surface area contributed by atoms with Gasteiger partial charge in [0.1, 0.15) is 0 Å². The van der Waals surface area contributed by atoms with E-state index in [1.165, 1.54) is 0 Å². The first-order valence-electron chi connectivity index (χ1n) is 5.09. The zero-order chi connectivity index (χ0) is 12.3. The molecule has 0 saturated carbocycles. The van der Waals surface area contributed by atoms with E-state index in [-0.39, 0.29) is 5.91 Å². The number of hydrogen-bond acceptors (Lipinski definition) is 2. The summed E-state index contributed by atoms with van der Waals surface area (Å²) >= 11 is 3.32. The zero-order valence-electron chi connectivity index (χ0n) is 9.62. The molecule has 0 aliphatic carbocycles. The fourth-order valence-electron chi connectivity index (χ4n) is 1.11. The maximum atomic E-state index is 11.9. The van der Waals surface area contributed by atoms with Crippen molar-refractivity contribution in [3.63, 3.8) is 0 Å². The number of benzene rings is 1. The summed E-state index contributed by atoms with van der Waals surface area (Å²) in [5.74, 6) is -0.196. The van der Waals surface area contributed by atoms with Crippen LogP contribution in [0, 0.1) is 0 Å². The molecule has 1 atom stereocenters. The highest BCUT2D eigenvalue weighted by Gasteiger charge is 2.26. The number of amides is 1. The number of aliphatic hydroxyl groups excluding tert-OH is 1. The van der Waals surface area contributed by atoms with E-state index < -0.39 is 11.6 Å². The van der Waals surface area contributed by atoms with Crippen molar-refractivity contribution in [2.45, 2.75) is 32.4 Å². The van der Waals surface area contributed by atoms with Crippen LogP contribution in [0.4, 0.5) is 0 Å². The van der Waals surface area contributed by atoms with Crippen molar-refractivity contribution in [3.8, 4) is 0 Å². The van der Waals surface area contributed by atoms with Gasteiger partial charge in [0.15, 0.2) is 0 Å². The molecule has 0 radical (unpaired) electrons. The Hall–Kier alpha value is -0.870. The SMILES string of the molecule is CC(O)C(C)(C)NC(=O)c1ccccc1Br. The lowest BCUT2D eigenvalue weighted by molar-refractivity contribution is 0.0709. The summed E-state index contributed by atoms with van der Waals surface area (Å²) < 4.78 is 0.744. The van der Waals surface area contributed by atoms with E-state index in [2.05, 4.69) is 21.2 Å². The van der Waals surface area contributed by atoms with Crippen LogP contribution in [0.3, 0.4) is 0 Å². The fraction of sp³-hybridized carbons (Fsp3) is 0.417. The molecule has 3 nitrogen and oxygen atoms in total. The highest BCUT2D eigenvalue weighted by Crippen LogP contribution is 2.17. The van der Waals surface area contributed by atoms with E-state index in [1.54, 1.807) is 32.9 Å². The second kappa shape index (κ2) is 4.97. The monoisotopic (exact) mass is 285 g/mol. The van der Waals surface area contributed by atoms with E-state index in [1.807, 2.05) is 12.1 Å². The second-order valence-corrected chi connectivity index (χ2v) is 5.19. The topological polar surface area (TPSA) is 49.3 Å². The first-order valence-corrected chi connectivity index (χ1v) is 5.89. The molecule has 2 N–H and O–H groups in total. The highest BCUT2D eigenvalue weighted by molar-refractivity contribution is 9.10. The molecule has 0 bridgehead atoms. The summed E-state index contributed by atoms with van der Waals surface area (Å²) in [6, 6.07) is 7.19. The van der Waals surface area contributed by atoms with Gasteiger partial charge in [0.2, 0.25) is 0 Å². The van der Waals surface area contributed by atoms with Gasteiger partial charge in [-0.05, 0) is 48.8 Å². The lowest BCUT2D eigenvalue weighted by Crippen LogP contribution is -2.51. The summed E-state index contributed by atoms with van der Waals surface area (Å²) in [7, 11) is 0. The third kappa shape index (κ3) is 3.06. The Morgan fingerprint density at radius 1 is 1.44 bits per heavy atom. The number of aliphatic hydroxyl groups is 1. The molecule has 1 amide bonds. The molecule has 0 aliphatic rings. The van der Waals surface area contributed by atoms with E-state index in [0.29, 0.717) is 5.56 Å². The van der Waals surface area contributed by atoms with Crippen molar-refractivity contribution in [3.05, 3.63) is 34.3 Å². The van der Waals surface area contributed by atoms with Crippen LogP contribution in [0.1, 0.15) is 31.1 Å². The van der Waals surface area contributed by atoms with Crippen molar-refractivity contribution >= 4 is 21.8 Å². The van der Waals surface area contributed by atoms with Crippen LogP contribution < -0.4 is 5.32 Å². The Balaban J connectivity index is 2.85. The molecule has 0 aliphatic heterocycles. The van der Waals surface area contributed by atoms with Crippen LogP contribution in [0.5, 0.6) is 0 Å². The van der Waals surface area contributed by atoms with E-state index >= 15 is 0 Å². The summed E-state index contributed by atoms with van der Waals surface area (Å²) in [6.07, 6.45) is -0.612. The summed E-state index contributed by atoms with van der Waals surface area (Å²) in [5, 5.41) is 12.3. The molecule has 0 fully saturated rings. The van der Waals surface area contributed by atoms with E-state index in [0.717, 1.165) is 4.47 Å². The van der Waals surface area contributed by atoms with Crippen molar-refractivity contribution in [1.82, 2.24) is 5.32 Å². The van der Waals surface area contributed by atoms with Gasteiger partial charge in [-0.15, -0.1) is 0 Å². The molecule has 88 valence electrons. The van der Waals surface area contributed by atoms with Gasteiger partial charge in [-0.25, -0.2) is 0 Å². The van der Waals surface area contributed by atoms with Crippen LogP contribution in [0.2, 0.25) is 0 Å². The quantitative estimate of drug-likeness (QED) is 0.896. The van der Waals surface area contributed by atoms with E-state index in [9.17, 15) is 9.90 Å². The molecule has 16 heavy (non-hydrogen) atoms. The average molecular weight is 286 g/mol. The van der Waals surface area contributed by atoms with Gasteiger partial charge in [0, 0.05) is 4.47 Å². The van der Waals surface area contributed by atoms with Crippen molar-refractivity contribution in [2.24, 2.45) is 0 Å². The molecule has 4 heteroatoms. The molecule has 1 aromatic carbocycles. The second-order valence-electron chi connectivity index (χ2n) is 4.33. The summed E-state index contributed by atoms with van der Waals surface area (Å²) in [6.45, 7) is 5.22. The molecule has 1 rings (SSSR count). The van der Waals surface area contributed by atoms with Gasteiger partial charge in [-0.1, -0.05) is 12.1 Å². The molecular formula is C12H16BrNO2. The first kappa shape index (κ1) is 13.2. The van der Waals surface area contributed by atoms with Crippen molar-refractivity contribution in [2.75, 3.05) is 0 Å². The third-order valence-electron chi connectivity index (χ3n) is 2.60. The Bertz CT molecular complexity index is 388. The third-order valence-corrected chi connectivity index (χ3v) is 3.29. The number of nitrogens with one attached hydrogen (secondary N) is 1. The number of halogens is 1. The van der Waals surface area contributed by atoms with Gasteiger partial charge in [0.05, 0.1) is 17.2 Å². The van der Waals surface area contributed by atoms with Gasteiger partial charge in [-0.2, -0.15) is 0 Å². The van der Waals surface area contributed by atoms with Crippen molar-refractivity contribution in [1.29, 1.82) is 0 Å². The maximum Gasteiger partial charge on any atom is 0.252 e. The van der Waals surface area contributed by atoms with Crippen molar-refractivity contribution < 1.29 is 9.90 Å². The molecule has 0 heterocycles. The zero-order valence-corrected chi connectivity index (χ0v) is 11.2. The van der Waals surface area contributed by atoms with Gasteiger partial charge < -0.3 is 10.4 Å². The normalized spacial score (nSPS) is 13.3. The minimum absolute atomic E-state index is 0.196. The highest BCUT2D eigenvalue weighted by atomic mass is 79.9.